The van der Waals surface area contributed by atoms with Crippen LogP contribution in [0.3, 0.4) is 0 Å². The summed E-state index contributed by atoms with van der Waals surface area (Å²) >= 11 is 6.02. The Kier molecular flexibility index (Phi) is 8.07. The number of ether oxygens (including phenoxy) is 1. The van der Waals surface area contributed by atoms with Crippen molar-refractivity contribution in [2.24, 2.45) is 0 Å². The molecule has 0 aliphatic carbocycles. The van der Waals surface area contributed by atoms with Crippen LogP contribution in [0.2, 0.25) is 5.02 Å². The maximum absolute atomic E-state index is 12.2. The largest absolute Gasteiger partial charge is 0.381 e. The lowest BCUT2D eigenvalue weighted by molar-refractivity contribution is -0.121. The number of rotatable bonds is 9. The summed E-state index contributed by atoms with van der Waals surface area (Å²) in [7, 11) is 0. The number of halogens is 1. The van der Waals surface area contributed by atoms with E-state index in [0.29, 0.717) is 13.0 Å². The molecule has 134 valence electrons. The molecule has 2 rings (SSSR count). The summed E-state index contributed by atoms with van der Waals surface area (Å²) in [4.78, 5) is 12.2. The lowest BCUT2D eigenvalue weighted by Gasteiger charge is -2.38. The highest BCUT2D eigenvalue weighted by molar-refractivity contribution is 6.30. The summed E-state index contributed by atoms with van der Waals surface area (Å²) < 4.78 is 5.54. The van der Waals surface area contributed by atoms with Gasteiger partial charge < -0.3 is 10.1 Å². The first-order valence-electron chi connectivity index (χ1n) is 9.27. The standard InChI is InChI=1S/C20H30ClNO2/c1-2-3-4-5-6-7-19(23)22-16-20(12-14-24-15-13-20)17-8-10-18(21)11-9-17/h8-11H,2-7,12-16H2,1H3,(H,22,23). The van der Waals surface area contributed by atoms with Gasteiger partial charge in [-0.3, -0.25) is 4.79 Å². The quantitative estimate of drug-likeness (QED) is 0.645. The van der Waals surface area contributed by atoms with Crippen LogP contribution in [0.15, 0.2) is 24.3 Å². The molecule has 1 amide bonds. The molecule has 0 saturated carbocycles. The molecule has 1 aliphatic heterocycles. The molecule has 0 aromatic heterocycles. The van der Waals surface area contributed by atoms with E-state index in [0.717, 1.165) is 43.9 Å². The molecule has 0 spiro atoms. The Morgan fingerprint density at radius 1 is 1.12 bits per heavy atom. The molecule has 0 unspecified atom stereocenters. The highest BCUT2D eigenvalue weighted by atomic mass is 35.5. The second kappa shape index (κ2) is 10.0. The molecule has 1 aromatic rings. The fraction of sp³-hybridized carbons (Fsp3) is 0.650. The molecule has 0 atom stereocenters. The predicted octanol–water partition coefficient (Wildman–Crippen LogP) is 4.86. The topological polar surface area (TPSA) is 38.3 Å². The predicted molar refractivity (Wildman–Crippen MR) is 99.6 cm³/mol. The van der Waals surface area contributed by atoms with Crippen molar-refractivity contribution in [2.75, 3.05) is 19.8 Å². The lowest BCUT2D eigenvalue weighted by Crippen LogP contribution is -2.44. The van der Waals surface area contributed by atoms with Gasteiger partial charge in [0.25, 0.3) is 0 Å². The number of hydrogen-bond acceptors (Lipinski definition) is 2. The highest BCUT2D eigenvalue weighted by Crippen LogP contribution is 2.34. The summed E-state index contributed by atoms with van der Waals surface area (Å²) in [5.41, 5.74) is 1.22. The first-order valence-corrected chi connectivity index (χ1v) is 9.64. The van der Waals surface area contributed by atoms with Crippen LogP contribution in [0.4, 0.5) is 0 Å². The first kappa shape index (κ1) is 19.3. The Morgan fingerprint density at radius 2 is 1.79 bits per heavy atom. The normalized spacial score (nSPS) is 16.8. The van der Waals surface area contributed by atoms with Crippen molar-refractivity contribution in [1.29, 1.82) is 0 Å². The van der Waals surface area contributed by atoms with E-state index < -0.39 is 0 Å². The average Bonchev–Trinajstić information content (AvgIpc) is 2.61. The third kappa shape index (κ3) is 5.78. The van der Waals surface area contributed by atoms with Gasteiger partial charge in [-0.2, -0.15) is 0 Å². The molecule has 1 aliphatic rings. The van der Waals surface area contributed by atoms with Crippen LogP contribution >= 0.6 is 11.6 Å². The number of carbonyl (C=O) groups excluding carboxylic acids is 1. The van der Waals surface area contributed by atoms with Crippen molar-refractivity contribution in [2.45, 2.75) is 63.7 Å². The van der Waals surface area contributed by atoms with Crippen molar-refractivity contribution in [3.8, 4) is 0 Å². The van der Waals surface area contributed by atoms with Crippen molar-refractivity contribution >= 4 is 17.5 Å². The minimum atomic E-state index is -0.0271. The summed E-state index contributed by atoms with van der Waals surface area (Å²) in [6.07, 6.45) is 8.38. The Bertz CT molecular complexity index is 495. The number of unbranched alkanes of at least 4 members (excludes halogenated alkanes) is 4. The number of carbonyl (C=O) groups is 1. The van der Waals surface area contributed by atoms with Gasteiger partial charge in [-0.15, -0.1) is 0 Å². The van der Waals surface area contributed by atoms with Crippen LogP contribution < -0.4 is 5.32 Å². The lowest BCUT2D eigenvalue weighted by atomic mass is 9.74. The number of nitrogens with one attached hydrogen (secondary N) is 1. The monoisotopic (exact) mass is 351 g/mol. The van der Waals surface area contributed by atoms with Crippen molar-refractivity contribution in [3.05, 3.63) is 34.9 Å². The minimum Gasteiger partial charge on any atom is -0.381 e. The third-order valence-corrected chi connectivity index (χ3v) is 5.29. The Morgan fingerprint density at radius 3 is 2.46 bits per heavy atom. The van der Waals surface area contributed by atoms with E-state index in [2.05, 4.69) is 24.4 Å². The molecule has 24 heavy (non-hydrogen) atoms. The van der Waals surface area contributed by atoms with Gasteiger partial charge in [0.05, 0.1) is 0 Å². The van der Waals surface area contributed by atoms with Gasteiger partial charge >= 0.3 is 0 Å². The van der Waals surface area contributed by atoms with E-state index in [1.807, 2.05) is 12.1 Å². The summed E-state index contributed by atoms with van der Waals surface area (Å²) in [6.45, 7) is 4.38. The van der Waals surface area contributed by atoms with Crippen molar-refractivity contribution < 1.29 is 9.53 Å². The van der Waals surface area contributed by atoms with Crippen LogP contribution in [-0.4, -0.2) is 25.7 Å². The molecule has 3 nitrogen and oxygen atoms in total. The SMILES string of the molecule is CCCCCCCC(=O)NCC1(c2ccc(Cl)cc2)CCOCC1. The Balaban J connectivity index is 1.87. The molecule has 0 bridgehead atoms. The van der Waals surface area contributed by atoms with Gasteiger partial charge in [-0.25, -0.2) is 0 Å². The number of hydrogen-bond donors (Lipinski definition) is 1. The molecular weight excluding hydrogens is 322 g/mol. The molecule has 1 heterocycles. The Labute approximate surface area is 151 Å². The van der Waals surface area contributed by atoms with Crippen molar-refractivity contribution in [1.82, 2.24) is 5.32 Å². The van der Waals surface area contributed by atoms with E-state index in [4.69, 9.17) is 16.3 Å². The highest BCUT2D eigenvalue weighted by Gasteiger charge is 2.34. The fourth-order valence-electron chi connectivity index (χ4n) is 3.38. The first-order chi connectivity index (χ1) is 11.7. The molecule has 1 saturated heterocycles. The molecule has 1 fully saturated rings. The Hall–Kier alpha value is -1.06. The fourth-order valence-corrected chi connectivity index (χ4v) is 3.50. The van der Waals surface area contributed by atoms with E-state index >= 15 is 0 Å². The average molecular weight is 352 g/mol. The molecular formula is C20H30ClNO2. The summed E-state index contributed by atoms with van der Waals surface area (Å²) in [5.74, 6) is 0.173. The number of benzene rings is 1. The van der Waals surface area contributed by atoms with Gasteiger partial charge in [0.2, 0.25) is 5.91 Å². The maximum atomic E-state index is 12.2. The second-order valence-electron chi connectivity index (χ2n) is 6.84. The zero-order valence-electron chi connectivity index (χ0n) is 14.8. The summed E-state index contributed by atoms with van der Waals surface area (Å²) in [6, 6.07) is 8.04. The van der Waals surface area contributed by atoms with Gasteiger partial charge in [0.15, 0.2) is 0 Å². The zero-order chi connectivity index (χ0) is 17.3. The molecule has 1 N–H and O–H groups in total. The van der Waals surface area contributed by atoms with Crippen LogP contribution in [0.1, 0.15) is 63.9 Å². The van der Waals surface area contributed by atoms with Gasteiger partial charge in [-0.05, 0) is 37.0 Å². The molecule has 1 aromatic carbocycles. The van der Waals surface area contributed by atoms with Crippen LogP contribution in [0.5, 0.6) is 0 Å². The van der Waals surface area contributed by atoms with E-state index in [1.54, 1.807) is 0 Å². The van der Waals surface area contributed by atoms with Crippen molar-refractivity contribution in [3.63, 3.8) is 0 Å². The van der Waals surface area contributed by atoms with Gasteiger partial charge in [-0.1, -0.05) is 56.3 Å². The van der Waals surface area contributed by atoms with Gasteiger partial charge in [0.1, 0.15) is 0 Å². The van der Waals surface area contributed by atoms with Crippen LogP contribution in [-0.2, 0) is 14.9 Å². The van der Waals surface area contributed by atoms with E-state index in [9.17, 15) is 4.79 Å². The molecule has 0 radical (unpaired) electrons. The van der Waals surface area contributed by atoms with Crippen LogP contribution in [0.25, 0.3) is 0 Å². The summed E-state index contributed by atoms with van der Waals surface area (Å²) in [5, 5.41) is 3.92. The van der Waals surface area contributed by atoms with E-state index in [1.165, 1.54) is 24.8 Å². The maximum Gasteiger partial charge on any atom is 0.220 e. The third-order valence-electron chi connectivity index (χ3n) is 5.04. The van der Waals surface area contributed by atoms with E-state index in [-0.39, 0.29) is 11.3 Å². The number of amides is 1. The molecule has 4 heteroatoms. The van der Waals surface area contributed by atoms with Crippen LogP contribution in [0, 0.1) is 0 Å². The smallest absolute Gasteiger partial charge is 0.220 e. The second-order valence-corrected chi connectivity index (χ2v) is 7.28. The minimum absolute atomic E-state index is 0.0271. The zero-order valence-corrected chi connectivity index (χ0v) is 15.5. The van der Waals surface area contributed by atoms with Gasteiger partial charge in [0, 0.05) is 36.6 Å².